The summed E-state index contributed by atoms with van der Waals surface area (Å²) in [5.74, 6) is 0. The Morgan fingerprint density at radius 1 is 1.47 bits per heavy atom. The summed E-state index contributed by atoms with van der Waals surface area (Å²) in [5.41, 5.74) is 1.38. The summed E-state index contributed by atoms with van der Waals surface area (Å²) in [4.78, 5) is 21.2. The molecule has 0 aromatic carbocycles. The van der Waals surface area contributed by atoms with E-state index in [4.69, 9.17) is 0 Å². The van der Waals surface area contributed by atoms with Crippen molar-refractivity contribution in [1.82, 2.24) is 14.5 Å². The fourth-order valence-corrected chi connectivity index (χ4v) is 2.90. The van der Waals surface area contributed by atoms with Gasteiger partial charge in [0.1, 0.15) is 0 Å². The summed E-state index contributed by atoms with van der Waals surface area (Å²) in [6, 6.07) is 0. The van der Waals surface area contributed by atoms with Crippen LogP contribution in [0.4, 0.5) is 5.13 Å². The lowest BCUT2D eigenvalue weighted by Gasteiger charge is -2.10. The zero-order valence-corrected chi connectivity index (χ0v) is 13.4. The molecule has 1 N–H and O–H groups in total. The van der Waals surface area contributed by atoms with Crippen LogP contribution in [0.5, 0.6) is 0 Å². The van der Waals surface area contributed by atoms with Gasteiger partial charge < -0.3 is 5.32 Å². The van der Waals surface area contributed by atoms with Gasteiger partial charge >= 0.3 is 5.69 Å². The van der Waals surface area contributed by atoms with E-state index in [1.807, 2.05) is 20.8 Å². The van der Waals surface area contributed by atoms with E-state index in [2.05, 4.69) is 31.2 Å². The summed E-state index contributed by atoms with van der Waals surface area (Å²) < 4.78 is 2.53. The van der Waals surface area contributed by atoms with Gasteiger partial charge in [0, 0.05) is 23.3 Å². The molecule has 2 aromatic heterocycles. The lowest BCUT2D eigenvalue weighted by molar-refractivity contribution is 0.694. The summed E-state index contributed by atoms with van der Waals surface area (Å²) in [6.45, 7) is 7.09. The summed E-state index contributed by atoms with van der Waals surface area (Å²) in [7, 11) is 0. The minimum Gasteiger partial charge on any atom is -0.362 e. The van der Waals surface area contributed by atoms with Crippen molar-refractivity contribution < 1.29 is 0 Å². The summed E-state index contributed by atoms with van der Waals surface area (Å²) in [6.07, 6.45) is 1.79. The van der Waals surface area contributed by atoms with Crippen molar-refractivity contribution in [2.75, 3.05) is 11.9 Å². The van der Waals surface area contributed by atoms with Gasteiger partial charge in [-0.05, 0) is 36.7 Å². The quantitative estimate of drug-likeness (QED) is 0.927. The molecule has 19 heavy (non-hydrogen) atoms. The first-order chi connectivity index (χ1) is 9.02. The summed E-state index contributed by atoms with van der Waals surface area (Å²) >= 11 is 5.02. The Balaban J connectivity index is 2.32. The number of aryl methyl sites for hydroxylation is 1. The maximum Gasteiger partial charge on any atom is 0.348 e. The normalized spacial score (nSPS) is 10.7. The van der Waals surface area contributed by atoms with Gasteiger partial charge in [0.15, 0.2) is 5.13 Å². The van der Waals surface area contributed by atoms with Gasteiger partial charge in [-0.1, -0.05) is 0 Å². The van der Waals surface area contributed by atoms with E-state index in [1.54, 1.807) is 22.1 Å². The molecule has 0 aliphatic rings. The second kappa shape index (κ2) is 5.83. The van der Waals surface area contributed by atoms with Gasteiger partial charge in [0.2, 0.25) is 0 Å². The highest BCUT2D eigenvalue weighted by molar-refractivity contribution is 9.10. The first-order valence-corrected chi connectivity index (χ1v) is 7.56. The maximum atomic E-state index is 11.9. The number of halogens is 1. The van der Waals surface area contributed by atoms with Crippen LogP contribution in [0.25, 0.3) is 0 Å². The van der Waals surface area contributed by atoms with Crippen LogP contribution < -0.4 is 11.0 Å². The fraction of sp³-hybridized carbons (Fsp3) is 0.417. The third-order valence-corrected chi connectivity index (χ3v) is 4.82. The van der Waals surface area contributed by atoms with Gasteiger partial charge in [-0.15, -0.1) is 11.3 Å². The summed E-state index contributed by atoms with van der Waals surface area (Å²) in [5, 5.41) is 4.04. The molecule has 0 bridgehead atoms. The zero-order valence-electron chi connectivity index (χ0n) is 11.0. The highest BCUT2D eigenvalue weighted by atomic mass is 79.9. The second-order valence-corrected chi connectivity index (χ2v) is 6.04. The van der Waals surface area contributed by atoms with E-state index in [0.29, 0.717) is 6.54 Å². The van der Waals surface area contributed by atoms with Crippen molar-refractivity contribution in [1.29, 1.82) is 0 Å². The molecule has 0 atom stereocenters. The average Bonchev–Trinajstić information content (AvgIpc) is 2.80. The van der Waals surface area contributed by atoms with Crippen molar-refractivity contribution in [3.8, 4) is 0 Å². The monoisotopic (exact) mass is 342 g/mol. The predicted octanol–water partition coefficient (Wildman–Crippen LogP) is 2.56. The zero-order chi connectivity index (χ0) is 14.0. The minimum absolute atomic E-state index is 0.225. The molecule has 7 heteroatoms. The number of nitrogens with zero attached hydrogens (tertiary/aromatic N) is 3. The molecule has 2 aromatic rings. The average molecular weight is 343 g/mol. The highest BCUT2D eigenvalue weighted by Gasteiger charge is 2.11. The number of anilines is 1. The Labute approximate surface area is 123 Å². The van der Waals surface area contributed by atoms with Crippen molar-refractivity contribution in [2.45, 2.75) is 27.3 Å². The molecular formula is C12H15BrN4OS. The molecule has 5 nitrogen and oxygen atoms in total. The molecule has 0 saturated heterocycles. The van der Waals surface area contributed by atoms with Gasteiger partial charge in [-0.25, -0.2) is 9.78 Å². The molecule has 0 saturated carbocycles. The molecule has 2 rings (SSSR count). The van der Waals surface area contributed by atoms with Gasteiger partial charge in [0.25, 0.3) is 0 Å². The van der Waals surface area contributed by atoms with Gasteiger partial charge in [-0.3, -0.25) is 4.57 Å². The first kappa shape index (κ1) is 14.2. The SMILES string of the molecule is CCNc1ncc(Cn2c(C)c(Br)c(C)nc2=O)s1. The number of hydrogen-bond acceptors (Lipinski definition) is 5. The second-order valence-electron chi connectivity index (χ2n) is 4.13. The molecule has 0 amide bonds. The van der Waals surface area contributed by atoms with Crippen LogP contribution in [-0.2, 0) is 6.54 Å². The maximum absolute atomic E-state index is 11.9. The minimum atomic E-state index is -0.225. The number of rotatable bonds is 4. The molecule has 0 unspecified atom stereocenters. The van der Waals surface area contributed by atoms with E-state index < -0.39 is 0 Å². The van der Waals surface area contributed by atoms with Crippen molar-refractivity contribution >= 4 is 32.4 Å². The van der Waals surface area contributed by atoms with Crippen LogP contribution in [0.3, 0.4) is 0 Å². The Morgan fingerprint density at radius 2 is 2.21 bits per heavy atom. The van der Waals surface area contributed by atoms with Gasteiger partial charge in [-0.2, -0.15) is 4.98 Å². The highest BCUT2D eigenvalue weighted by Crippen LogP contribution is 2.21. The van der Waals surface area contributed by atoms with Crippen LogP contribution in [0, 0.1) is 13.8 Å². The molecule has 102 valence electrons. The Kier molecular flexibility index (Phi) is 4.36. The topological polar surface area (TPSA) is 59.8 Å². The molecule has 0 aliphatic carbocycles. The van der Waals surface area contributed by atoms with E-state index in [-0.39, 0.29) is 5.69 Å². The van der Waals surface area contributed by atoms with Crippen molar-refractivity contribution in [3.05, 3.63) is 37.4 Å². The van der Waals surface area contributed by atoms with Crippen LogP contribution in [-0.4, -0.2) is 21.1 Å². The van der Waals surface area contributed by atoms with Crippen LogP contribution >= 0.6 is 27.3 Å². The predicted molar refractivity (Wildman–Crippen MR) is 81.1 cm³/mol. The first-order valence-electron chi connectivity index (χ1n) is 5.95. The molecule has 0 aliphatic heterocycles. The van der Waals surface area contributed by atoms with E-state index >= 15 is 0 Å². The molecule has 0 radical (unpaired) electrons. The Morgan fingerprint density at radius 3 is 2.89 bits per heavy atom. The number of thiazole rings is 1. The van der Waals surface area contributed by atoms with E-state index in [9.17, 15) is 4.79 Å². The number of aromatic nitrogens is 3. The van der Waals surface area contributed by atoms with Crippen LogP contribution in [0.15, 0.2) is 15.5 Å². The smallest absolute Gasteiger partial charge is 0.348 e. The number of hydrogen-bond donors (Lipinski definition) is 1. The van der Waals surface area contributed by atoms with Crippen LogP contribution in [0.2, 0.25) is 0 Å². The molecule has 2 heterocycles. The third kappa shape index (κ3) is 3.03. The van der Waals surface area contributed by atoms with Crippen molar-refractivity contribution in [3.63, 3.8) is 0 Å². The Hall–Kier alpha value is -1.21. The molecule has 0 spiro atoms. The fourth-order valence-electron chi connectivity index (χ4n) is 1.73. The molecule has 0 fully saturated rings. The van der Waals surface area contributed by atoms with Gasteiger partial charge in [0.05, 0.1) is 16.7 Å². The third-order valence-electron chi connectivity index (χ3n) is 2.73. The largest absolute Gasteiger partial charge is 0.362 e. The number of nitrogens with one attached hydrogen (secondary N) is 1. The van der Waals surface area contributed by atoms with E-state index in [1.165, 1.54) is 0 Å². The van der Waals surface area contributed by atoms with E-state index in [0.717, 1.165) is 32.4 Å². The standard InChI is InChI=1S/C12H15BrN4OS/c1-4-14-11-15-5-9(19-11)6-17-8(3)10(13)7(2)16-12(17)18/h5H,4,6H2,1-3H3,(H,14,15). The van der Waals surface area contributed by atoms with Crippen molar-refractivity contribution in [2.24, 2.45) is 0 Å². The lowest BCUT2D eigenvalue weighted by Crippen LogP contribution is -2.26. The molecular weight excluding hydrogens is 328 g/mol. The lowest BCUT2D eigenvalue weighted by atomic mass is 10.3. The Bertz CT molecular complexity index is 650. The van der Waals surface area contributed by atoms with Crippen LogP contribution in [0.1, 0.15) is 23.2 Å².